The molecule has 8 heteroatoms. The Labute approximate surface area is 221 Å². The van der Waals surface area contributed by atoms with Gasteiger partial charge in [-0.1, -0.05) is 36.1 Å². The Kier molecular flexibility index (Phi) is 7.18. The van der Waals surface area contributed by atoms with Crippen LogP contribution in [0.4, 0.5) is 5.69 Å². The minimum Gasteiger partial charge on any atom is -0.497 e. The summed E-state index contributed by atoms with van der Waals surface area (Å²) in [6, 6.07) is 18.5. The SMILES string of the molecule is COc1ccc(CN2C(=O)/C(=C/c3cc(C)n(-c4ccc(N5CCOCC5)cc4)c3C)SC2=S)cc1. The first-order chi connectivity index (χ1) is 17.4. The van der Waals surface area contributed by atoms with Crippen molar-refractivity contribution < 1.29 is 14.3 Å². The van der Waals surface area contributed by atoms with Gasteiger partial charge >= 0.3 is 0 Å². The summed E-state index contributed by atoms with van der Waals surface area (Å²) in [6.07, 6.45) is 1.97. The smallest absolute Gasteiger partial charge is 0.266 e. The second-order valence-corrected chi connectivity index (χ2v) is 10.6. The molecular formula is C28H29N3O3S2. The minimum atomic E-state index is -0.0551. The number of aromatic nitrogens is 1. The highest BCUT2D eigenvalue weighted by Crippen LogP contribution is 2.35. The lowest BCUT2D eigenvalue weighted by Crippen LogP contribution is -2.36. The number of carbonyl (C=O) groups excluding carboxylic acids is 1. The van der Waals surface area contributed by atoms with E-state index in [1.54, 1.807) is 12.0 Å². The zero-order chi connectivity index (χ0) is 25.2. The molecule has 0 radical (unpaired) electrons. The Bertz CT molecular complexity index is 1310. The predicted molar refractivity (Wildman–Crippen MR) is 150 cm³/mol. The van der Waals surface area contributed by atoms with E-state index in [-0.39, 0.29) is 5.91 Å². The fourth-order valence-corrected chi connectivity index (χ4v) is 5.90. The number of thiocarbonyl (C=S) groups is 1. The molecule has 36 heavy (non-hydrogen) atoms. The van der Waals surface area contributed by atoms with E-state index in [2.05, 4.69) is 53.6 Å². The fraction of sp³-hybridized carbons (Fsp3) is 0.286. The molecule has 0 saturated carbocycles. The highest BCUT2D eigenvalue weighted by Gasteiger charge is 2.32. The van der Waals surface area contributed by atoms with Crippen molar-refractivity contribution in [2.45, 2.75) is 20.4 Å². The zero-order valence-corrected chi connectivity index (χ0v) is 22.3. The first-order valence-corrected chi connectivity index (χ1v) is 13.2. The number of methoxy groups -OCH3 is 1. The monoisotopic (exact) mass is 519 g/mol. The molecule has 2 fully saturated rings. The summed E-state index contributed by atoms with van der Waals surface area (Å²) in [4.78, 5) is 17.9. The second kappa shape index (κ2) is 10.5. The summed E-state index contributed by atoms with van der Waals surface area (Å²) in [5.74, 6) is 0.732. The number of anilines is 1. The molecule has 1 amide bonds. The van der Waals surface area contributed by atoms with Gasteiger partial charge in [0.05, 0.1) is 31.8 Å². The molecule has 2 aromatic carbocycles. The van der Waals surface area contributed by atoms with Crippen LogP contribution >= 0.6 is 24.0 Å². The number of amides is 1. The maximum absolute atomic E-state index is 13.2. The van der Waals surface area contributed by atoms with Crippen molar-refractivity contribution in [2.24, 2.45) is 0 Å². The van der Waals surface area contributed by atoms with E-state index in [0.717, 1.165) is 60.3 Å². The largest absolute Gasteiger partial charge is 0.497 e. The van der Waals surface area contributed by atoms with E-state index in [9.17, 15) is 4.79 Å². The van der Waals surface area contributed by atoms with Crippen LogP contribution in [0, 0.1) is 13.8 Å². The van der Waals surface area contributed by atoms with E-state index in [0.29, 0.717) is 15.8 Å². The Morgan fingerprint density at radius 2 is 1.69 bits per heavy atom. The summed E-state index contributed by atoms with van der Waals surface area (Å²) >= 11 is 6.91. The van der Waals surface area contributed by atoms with E-state index in [1.165, 1.54) is 17.4 Å². The van der Waals surface area contributed by atoms with Crippen LogP contribution in [-0.4, -0.2) is 53.1 Å². The zero-order valence-electron chi connectivity index (χ0n) is 20.7. The van der Waals surface area contributed by atoms with Gasteiger partial charge in [0.2, 0.25) is 0 Å². The minimum absolute atomic E-state index is 0.0551. The number of thioether (sulfide) groups is 1. The first kappa shape index (κ1) is 24.6. The average molecular weight is 520 g/mol. The van der Waals surface area contributed by atoms with Crippen LogP contribution in [0.1, 0.15) is 22.5 Å². The lowest BCUT2D eigenvalue weighted by Gasteiger charge is -2.29. The Balaban J connectivity index is 1.35. The maximum Gasteiger partial charge on any atom is 0.266 e. The van der Waals surface area contributed by atoms with Crippen molar-refractivity contribution in [1.29, 1.82) is 0 Å². The van der Waals surface area contributed by atoms with Crippen molar-refractivity contribution >= 4 is 46.0 Å². The van der Waals surface area contributed by atoms with Gasteiger partial charge in [-0.3, -0.25) is 9.69 Å². The van der Waals surface area contributed by atoms with Gasteiger partial charge in [-0.2, -0.15) is 0 Å². The molecular weight excluding hydrogens is 490 g/mol. The number of rotatable bonds is 6. The van der Waals surface area contributed by atoms with Crippen molar-refractivity contribution in [3.63, 3.8) is 0 Å². The molecule has 0 bridgehead atoms. The lowest BCUT2D eigenvalue weighted by atomic mass is 10.2. The van der Waals surface area contributed by atoms with Crippen molar-refractivity contribution in [2.75, 3.05) is 38.3 Å². The molecule has 6 nitrogen and oxygen atoms in total. The third kappa shape index (κ3) is 4.93. The average Bonchev–Trinajstić information content (AvgIpc) is 3.33. The van der Waals surface area contributed by atoms with Crippen molar-refractivity contribution in [3.05, 3.63) is 82.0 Å². The predicted octanol–water partition coefficient (Wildman–Crippen LogP) is 5.34. The van der Waals surface area contributed by atoms with Crippen LogP contribution in [0.15, 0.2) is 59.5 Å². The molecule has 5 rings (SSSR count). The summed E-state index contributed by atoms with van der Waals surface area (Å²) in [7, 11) is 1.64. The number of ether oxygens (including phenoxy) is 2. The van der Waals surface area contributed by atoms with Gasteiger partial charge in [0.25, 0.3) is 5.91 Å². The Hall–Kier alpha value is -3.07. The molecule has 186 valence electrons. The van der Waals surface area contributed by atoms with Crippen LogP contribution in [-0.2, 0) is 16.1 Å². The molecule has 2 aliphatic heterocycles. The highest BCUT2D eigenvalue weighted by molar-refractivity contribution is 8.26. The summed E-state index contributed by atoms with van der Waals surface area (Å²) < 4.78 is 13.5. The molecule has 0 N–H and O–H groups in total. The van der Waals surface area contributed by atoms with Crippen LogP contribution in [0.25, 0.3) is 11.8 Å². The summed E-state index contributed by atoms with van der Waals surface area (Å²) in [6.45, 7) is 8.01. The van der Waals surface area contributed by atoms with E-state index in [4.69, 9.17) is 21.7 Å². The number of hydrogen-bond donors (Lipinski definition) is 0. The maximum atomic E-state index is 13.2. The Morgan fingerprint density at radius 1 is 1.03 bits per heavy atom. The molecule has 2 aliphatic rings. The van der Waals surface area contributed by atoms with Crippen molar-refractivity contribution in [3.8, 4) is 11.4 Å². The molecule has 1 aromatic heterocycles. The van der Waals surface area contributed by atoms with Gasteiger partial charge in [-0.15, -0.1) is 0 Å². The highest BCUT2D eigenvalue weighted by atomic mass is 32.2. The molecule has 3 heterocycles. The van der Waals surface area contributed by atoms with E-state index >= 15 is 0 Å². The standard InChI is InChI=1S/C28H29N3O3S2/c1-19-16-22(20(2)31(19)24-8-6-23(7-9-24)29-12-14-34-15-13-29)17-26-27(32)30(28(35)36-26)18-21-4-10-25(33-3)11-5-21/h4-11,16-17H,12-15,18H2,1-3H3/b26-17-. The van der Waals surface area contributed by atoms with Gasteiger partial charge in [0.1, 0.15) is 10.1 Å². The number of hydrogen-bond acceptors (Lipinski definition) is 6. The molecule has 2 saturated heterocycles. The van der Waals surface area contributed by atoms with E-state index < -0.39 is 0 Å². The molecule has 0 atom stereocenters. The number of carbonyl (C=O) groups is 1. The molecule has 3 aromatic rings. The quantitative estimate of drug-likeness (QED) is 0.324. The Morgan fingerprint density at radius 3 is 2.36 bits per heavy atom. The number of aryl methyl sites for hydroxylation is 1. The third-order valence-corrected chi connectivity index (χ3v) is 7.99. The summed E-state index contributed by atoms with van der Waals surface area (Å²) in [5, 5.41) is 0. The molecule has 0 aliphatic carbocycles. The normalized spacial score (nSPS) is 17.4. The molecule has 0 spiro atoms. The van der Waals surface area contributed by atoms with E-state index in [1.807, 2.05) is 30.3 Å². The number of nitrogens with zero attached hydrogens (tertiary/aromatic N) is 3. The van der Waals surface area contributed by atoms with Gasteiger partial charge in [0.15, 0.2) is 0 Å². The van der Waals surface area contributed by atoms with Crippen LogP contribution < -0.4 is 9.64 Å². The number of morpholine rings is 1. The van der Waals surface area contributed by atoms with Crippen LogP contribution in [0.3, 0.4) is 0 Å². The van der Waals surface area contributed by atoms with Gasteiger partial charge in [-0.25, -0.2) is 0 Å². The summed E-state index contributed by atoms with van der Waals surface area (Å²) in [5.41, 5.74) is 6.55. The number of benzene rings is 2. The fourth-order valence-electron chi connectivity index (χ4n) is 4.66. The van der Waals surface area contributed by atoms with Crippen LogP contribution in [0.5, 0.6) is 5.75 Å². The van der Waals surface area contributed by atoms with Gasteiger partial charge in [0, 0.05) is 35.9 Å². The second-order valence-electron chi connectivity index (χ2n) is 8.89. The van der Waals surface area contributed by atoms with Crippen LogP contribution in [0.2, 0.25) is 0 Å². The lowest BCUT2D eigenvalue weighted by molar-refractivity contribution is -0.122. The van der Waals surface area contributed by atoms with Crippen molar-refractivity contribution in [1.82, 2.24) is 9.47 Å². The van der Waals surface area contributed by atoms with Gasteiger partial charge in [-0.05, 0) is 73.5 Å². The topological polar surface area (TPSA) is 46.9 Å². The molecule has 0 unspecified atom stereocenters. The van der Waals surface area contributed by atoms with Gasteiger partial charge < -0.3 is 18.9 Å². The first-order valence-electron chi connectivity index (χ1n) is 11.9. The third-order valence-electron chi connectivity index (χ3n) is 6.61.